The van der Waals surface area contributed by atoms with Gasteiger partial charge in [0.2, 0.25) is 5.13 Å². The molecule has 0 radical (unpaired) electrons. The molecule has 0 fully saturated rings. The van der Waals surface area contributed by atoms with Gasteiger partial charge in [-0.05, 0) is 5.92 Å². The topological polar surface area (TPSA) is 51.8 Å². The van der Waals surface area contributed by atoms with Gasteiger partial charge in [-0.25, -0.2) is 0 Å². The van der Waals surface area contributed by atoms with Gasteiger partial charge in [-0.1, -0.05) is 50.9 Å². The molecule has 2 N–H and O–H groups in total. The van der Waals surface area contributed by atoms with E-state index >= 15 is 0 Å². The Morgan fingerprint density at radius 2 is 2.14 bits per heavy atom. The lowest BCUT2D eigenvalue weighted by atomic mass is 9.96. The number of anilines is 1. The van der Waals surface area contributed by atoms with Crippen molar-refractivity contribution in [3.63, 3.8) is 0 Å². The minimum atomic E-state index is 0.588. The molecular weight excluding hydrogens is 194 g/mol. The molecular formula is C10H19N3S. The second-order valence-corrected chi connectivity index (χ2v) is 4.75. The highest BCUT2D eigenvalue weighted by Crippen LogP contribution is 2.21. The van der Waals surface area contributed by atoms with Gasteiger partial charge in [0.15, 0.2) is 0 Å². The number of nitrogen functional groups attached to an aromatic ring is 1. The smallest absolute Gasteiger partial charge is 0.203 e. The first-order valence-corrected chi connectivity index (χ1v) is 6.15. The summed E-state index contributed by atoms with van der Waals surface area (Å²) in [6.45, 7) is 4.47. The van der Waals surface area contributed by atoms with E-state index in [-0.39, 0.29) is 0 Å². The predicted molar refractivity (Wildman–Crippen MR) is 61.3 cm³/mol. The van der Waals surface area contributed by atoms with E-state index in [9.17, 15) is 0 Å². The van der Waals surface area contributed by atoms with Crippen molar-refractivity contribution in [2.45, 2.75) is 46.0 Å². The van der Waals surface area contributed by atoms with Crippen molar-refractivity contribution in [2.24, 2.45) is 5.92 Å². The van der Waals surface area contributed by atoms with Gasteiger partial charge in [-0.2, -0.15) is 0 Å². The molecule has 0 saturated heterocycles. The molecule has 1 atom stereocenters. The van der Waals surface area contributed by atoms with E-state index in [1.165, 1.54) is 37.0 Å². The average molecular weight is 213 g/mol. The van der Waals surface area contributed by atoms with Crippen molar-refractivity contribution < 1.29 is 0 Å². The fraction of sp³-hybridized carbons (Fsp3) is 0.800. The van der Waals surface area contributed by atoms with Gasteiger partial charge >= 0.3 is 0 Å². The van der Waals surface area contributed by atoms with E-state index in [4.69, 9.17) is 5.73 Å². The molecule has 0 bridgehead atoms. The number of aromatic nitrogens is 2. The Labute approximate surface area is 89.7 Å². The summed E-state index contributed by atoms with van der Waals surface area (Å²) in [6.07, 6.45) is 6.15. The van der Waals surface area contributed by atoms with Crippen molar-refractivity contribution in [1.29, 1.82) is 0 Å². The minimum Gasteiger partial charge on any atom is -0.374 e. The molecule has 0 amide bonds. The summed E-state index contributed by atoms with van der Waals surface area (Å²) in [5, 5.41) is 9.56. The van der Waals surface area contributed by atoms with Crippen LogP contribution in [-0.2, 0) is 6.42 Å². The van der Waals surface area contributed by atoms with Crippen LogP contribution in [0.25, 0.3) is 0 Å². The van der Waals surface area contributed by atoms with Crippen LogP contribution < -0.4 is 5.73 Å². The van der Waals surface area contributed by atoms with Crippen molar-refractivity contribution >= 4 is 16.5 Å². The molecule has 0 aromatic carbocycles. The van der Waals surface area contributed by atoms with Crippen LogP contribution in [0.2, 0.25) is 0 Å². The van der Waals surface area contributed by atoms with E-state index in [0.29, 0.717) is 5.13 Å². The van der Waals surface area contributed by atoms with Gasteiger partial charge in [0, 0.05) is 6.42 Å². The zero-order chi connectivity index (χ0) is 10.4. The Balaban J connectivity index is 2.40. The molecule has 0 aliphatic carbocycles. The number of nitrogens with zero attached hydrogens (tertiary/aromatic N) is 2. The molecule has 0 aliphatic heterocycles. The maximum atomic E-state index is 5.54. The third-order valence-corrected chi connectivity index (χ3v) is 3.26. The van der Waals surface area contributed by atoms with E-state index in [2.05, 4.69) is 24.0 Å². The number of rotatable bonds is 6. The fourth-order valence-electron chi connectivity index (χ4n) is 1.54. The highest BCUT2D eigenvalue weighted by atomic mass is 32.1. The summed E-state index contributed by atoms with van der Waals surface area (Å²) in [5.74, 6) is 0.752. The summed E-state index contributed by atoms with van der Waals surface area (Å²) in [6, 6.07) is 0. The number of unbranched alkanes of at least 4 members (excludes halogenated alkanes) is 1. The Kier molecular flexibility index (Phi) is 4.87. The molecule has 1 aromatic heterocycles. The lowest BCUT2D eigenvalue weighted by Gasteiger charge is -2.11. The normalized spacial score (nSPS) is 13.0. The van der Waals surface area contributed by atoms with Gasteiger partial charge in [0.1, 0.15) is 5.01 Å². The lowest BCUT2D eigenvalue weighted by Crippen LogP contribution is -2.03. The molecule has 1 unspecified atom stereocenters. The zero-order valence-electron chi connectivity index (χ0n) is 8.99. The van der Waals surface area contributed by atoms with Crippen LogP contribution in [0, 0.1) is 5.92 Å². The second-order valence-electron chi connectivity index (χ2n) is 3.65. The minimum absolute atomic E-state index is 0.588. The van der Waals surface area contributed by atoms with Gasteiger partial charge < -0.3 is 5.73 Å². The summed E-state index contributed by atoms with van der Waals surface area (Å²) >= 11 is 1.52. The number of hydrogen-bond donors (Lipinski definition) is 1. The van der Waals surface area contributed by atoms with Gasteiger partial charge in [-0.3, -0.25) is 0 Å². The Hall–Kier alpha value is -0.640. The fourth-order valence-corrected chi connectivity index (χ4v) is 2.26. The number of nitrogens with two attached hydrogens (primary N) is 1. The zero-order valence-corrected chi connectivity index (χ0v) is 9.81. The van der Waals surface area contributed by atoms with Crippen LogP contribution in [0.3, 0.4) is 0 Å². The third-order valence-electron chi connectivity index (χ3n) is 2.49. The summed E-state index contributed by atoms with van der Waals surface area (Å²) in [7, 11) is 0. The molecule has 14 heavy (non-hydrogen) atoms. The summed E-state index contributed by atoms with van der Waals surface area (Å²) < 4.78 is 0. The molecule has 80 valence electrons. The highest BCUT2D eigenvalue weighted by molar-refractivity contribution is 7.15. The first kappa shape index (κ1) is 11.4. The molecule has 1 heterocycles. The van der Waals surface area contributed by atoms with Crippen molar-refractivity contribution in [3.8, 4) is 0 Å². The molecule has 3 nitrogen and oxygen atoms in total. The number of hydrogen-bond acceptors (Lipinski definition) is 4. The van der Waals surface area contributed by atoms with Crippen LogP contribution in [0.4, 0.5) is 5.13 Å². The van der Waals surface area contributed by atoms with Crippen LogP contribution in [0.1, 0.15) is 44.5 Å². The Morgan fingerprint density at radius 3 is 2.64 bits per heavy atom. The first-order valence-electron chi connectivity index (χ1n) is 5.34. The quantitative estimate of drug-likeness (QED) is 0.790. The van der Waals surface area contributed by atoms with Gasteiger partial charge in [0.25, 0.3) is 0 Å². The molecule has 1 rings (SSSR count). The van der Waals surface area contributed by atoms with Crippen molar-refractivity contribution in [3.05, 3.63) is 5.01 Å². The highest BCUT2D eigenvalue weighted by Gasteiger charge is 2.10. The van der Waals surface area contributed by atoms with E-state index in [1.807, 2.05) is 0 Å². The van der Waals surface area contributed by atoms with Crippen LogP contribution in [-0.4, -0.2) is 10.2 Å². The lowest BCUT2D eigenvalue weighted by molar-refractivity contribution is 0.447. The standard InChI is InChI=1S/C10H19N3S/c1-3-5-6-8(4-2)7-9-12-13-10(11)14-9/h8H,3-7H2,1-2H3,(H2,11,13). The maximum absolute atomic E-state index is 5.54. The predicted octanol–water partition coefficient (Wildman–Crippen LogP) is 2.88. The molecule has 0 saturated carbocycles. The van der Waals surface area contributed by atoms with Crippen LogP contribution >= 0.6 is 11.3 Å². The van der Waals surface area contributed by atoms with E-state index < -0.39 is 0 Å². The van der Waals surface area contributed by atoms with Crippen LogP contribution in [0.15, 0.2) is 0 Å². The Bertz CT molecular complexity index is 260. The molecule has 0 spiro atoms. The largest absolute Gasteiger partial charge is 0.374 e. The molecule has 4 heteroatoms. The van der Waals surface area contributed by atoms with Crippen molar-refractivity contribution in [1.82, 2.24) is 10.2 Å². The van der Waals surface area contributed by atoms with Crippen LogP contribution in [0.5, 0.6) is 0 Å². The second kappa shape index (κ2) is 5.96. The summed E-state index contributed by atoms with van der Waals surface area (Å²) in [5.41, 5.74) is 5.54. The summed E-state index contributed by atoms with van der Waals surface area (Å²) in [4.78, 5) is 0. The first-order chi connectivity index (χ1) is 6.76. The molecule has 0 aliphatic rings. The maximum Gasteiger partial charge on any atom is 0.203 e. The monoisotopic (exact) mass is 213 g/mol. The SMILES string of the molecule is CCCCC(CC)Cc1nnc(N)s1. The average Bonchev–Trinajstić information content (AvgIpc) is 2.58. The van der Waals surface area contributed by atoms with E-state index in [0.717, 1.165) is 17.3 Å². The Morgan fingerprint density at radius 1 is 1.36 bits per heavy atom. The van der Waals surface area contributed by atoms with Crippen molar-refractivity contribution in [2.75, 3.05) is 5.73 Å². The third kappa shape index (κ3) is 3.62. The van der Waals surface area contributed by atoms with E-state index in [1.54, 1.807) is 0 Å². The molecule has 1 aromatic rings. The van der Waals surface area contributed by atoms with Gasteiger partial charge in [-0.15, -0.1) is 10.2 Å². The van der Waals surface area contributed by atoms with Gasteiger partial charge in [0.05, 0.1) is 0 Å².